The lowest BCUT2D eigenvalue weighted by atomic mass is 9.32. The first-order chi connectivity index (χ1) is 18.3. The summed E-state index contributed by atoms with van der Waals surface area (Å²) in [5.74, 6) is 3.12. The van der Waals surface area contributed by atoms with E-state index >= 15 is 0 Å². The van der Waals surface area contributed by atoms with Crippen molar-refractivity contribution in [2.75, 3.05) is 13.2 Å². The highest BCUT2D eigenvalue weighted by Gasteiger charge is 2.72. The van der Waals surface area contributed by atoms with Gasteiger partial charge in [0.2, 0.25) is 0 Å². The fraction of sp³-hybridized carbons (Fsp3) is 0.914. The number of rotatable bonds is 3. The first kappa shape index (κ1) is 28.3. The maximum atomic E-state index is 12.0. The number of ether oxygens (including phenoxy) is 3. The predicted molar refractivity (Wildman–Crippen MR) is 155 cm³/mol. The van der Waals surface area contributed by atoms with Gasteiger partial charge >= 0.3 is 5.97 Å². The second kappa shape index (κ2) is 9.32. The molecule has 4 nitrogen and oxygen atoms in total. The van der Waals surface area contributed by atoms with Gasteiger partial charge in [-0.3, -0.25) is 4.79 Å². The summed E-state index contributed by atoms with van der Waals surface area (Å²) in [7, 11) is 0. The quantitative estimate of drug-likeness (QED) is 0.267. The van der Waals surface area contributed by atoms with E-state index in [1.54, 1.807) is 6.92 Å². The third-order valence-corrected chi connectivity index (χ3v) is 14.7. The Kier molecular flexibility index (Phi) is 6.75. The maximum absolute atomic E-state index is 12.0. The van der Waals surface area contributed by atoms with Gasteiger partial charge in [-0.05, 0) is 123 Å². The zero-order valence-electron chi connectivity index (χ0n) is 26.1. The van der Waals surface area contributed by atoms with Crippen molar-refractivity contribution in [3.8, 4) is 0 Å². The fourth-order valence-corrected chi connectivity index (χ4v) is 12.8. The third-order valence-electron chi connectivity index (χ3n) is 14.7. The lowest BCUT2D eigenvalue weighted by Gasteiger charge is -2.73. The largest absolute Gasteiger partial charge is 0.462 e. The minimum atomic E-state index is -0.120. The van der Waals surface area contributed by atoms with Crippen molar-refractivity contribution >= 4 is 5.97 Å². The maximum Gasteiger partial charge on any atom is 0.302 e. The van der Waals surface area contributed by atoms with Crippen LogP contribution in [0.2, 0.25) is 0 Å². The van der Waals surface area contributed by atoms with Crippen LogP contribution in [-0.2, 0) is 19.0 Å². The normalized spacial score (nSPS) is 51.2. The highest BCUT2D eigenvalue weighted by atomic mass is 16.7. The minimum Gasteiger partial charge on any atom is -0.462 e. The number of hydrogen-bond donors (Lipinski definition) is 0. The number of carbonyl (C=O) groups is 1. The molecule has 5 aliphatic carbocycles. The van der Waals surface area contributed by atoms with E-state index in [1.807, 2.05) is 0 Å². The Morgan fingerprint density at radius 2 is 1.51 bits per heavy atom. The van der Waals surface area contributed by atoms with Crippen molar-refractivity contribution in [3.63, 3.8) is 0 Å². The summed E-state index contributed by atoms with van der Waals surface area (Å²) >= 11 is 0. The van der Waals surface area contributed by atoms with Gasteiger partial charge in [0, 0.05) is 17.8 Å². The average Bonchev–Trinajstić information content (AvgIpc) is 3.28. The van der Waals surface area contributed by atoms with Gasteiger partial charge in [-0.15, -0.1) is 0 Å². The zero-order chi connectivity index (χ0) is 28.0. The SMILES string of the molecule is C=C(C)[C@@H]1CC[C@]2(C3OCCCO3)CC[C@]3(C)[C@H](CC[C@@H]4[C@@]5(C)CC[C@H](OC(C)=O)C(C)(C)[C@@H]5CC[C@]43C)[C@@H]12. The minimum absolute atomic E-state index is 0.0195. The number of esters is 1. The van der Waals surface area contributed by atoms with Crippen LogP contribution in [0.4, 0.5) is 0 Å². The first-order valence-electron chi connectivity index (χ1n) is 16.4. The van der Waals surface area contributed by atoms with E-state index in [2.05, 4.69) is 48.1 Å². The van der Waals surface area contributed by atoms with E-state index in [0.717, 1.165) is 32.0 Å². The molecule has 39 heavy (non-hydrogen) atoms. The summed E-state index contributed by atoms with van der Waals surface area (Å²) < 4.78 is 18.9. The second-order valence-corrected chi connectivity index (χ2v) is 16.3. The van der Waals surface area contributed by atoms with Crippen LogP contribution in [0.15, 0.2) is 12.2 Å². The van der Waals surface area contributed by atoms with E-state index in [1.165, 1.54) is 63.4 Å². The smallest absolute Gasteiger partial charge is 0.302 e. The lowest BCUT2D eigenvalue weighted by Crippen LogP contribution is -2.67. The Morgan fingerprint density at radius 1 is 0.795 bits per heavy atom. The monoisotopic (exact) mass is 540 g/mol. The predicted octanol–water partition coefficient (Wildman–Crippen LogP) is 8.34. The molecule has 0 radical (unpaired) electrons. The fourth-order valence-electron chi connectivity index (χ4n) is 12.8. The molecule has 0 aromatic rings. The molecule has 1 aliphatic heterocycles. The number of allylic oxidation sites excluding steroid dienone is 1. The van der Waals surface area contributed by atoms with Crippen LogP contribution in [0.5, 0.6) is 0 Å². The molecule has 5 saturated carbocycles. The summed E-state index contributed by atoms with van der Waals surface area (Å²) in [6.07, 6.45) is 13.5. The van der Waals surface area contributed by atoms with Gasteiger partial charge in [0.25, 0.3) is 0 Å². The van der Waals surface area contributed by atoms with Crippen LogP contribution in [-0.4, -0.2) is 31.6 Å². The Morgan fingerprint density at radius 3 is 2.18 bits per heavy atom. The van der Waals surface area contributed by atoms with Crippen LogP contribution in [0.1, 0.15) is 119 Å². The van der Waals surface area contributed by atoms with E-state index in [4.69, 9.17) is 14.2 Å². The van der Waals surface area contributed by atoms with E-state index in [9.17, 15) is 4.79 Å². The van der Waals surface area contributed by atoms with Crippen molar-refractivity contribution in [2.45, 2.75) is 131 Å². The molecule has 0 N–H and O–H groups in total. The molecule has 1 heterocycles. The van der Waals surface area contributed by atoms with Gasteiger partial charge in [-0.1, -0.05) is 46.8 Å². The topological polar surface area (TPSA) is 44.8 Å². The van der Waals surface area contributed by atoms with E-state index < -0.39 is 0 Å². The van der Waals surface area contributed by atoms with Crippen LogP contribution in [0.25, 0.3) is 0 Å². The highest BCUT2D eigenvalue weighted by Crippen LogP contribution is 2.78. The van der Waals surface area contributed by atoms with Gasteiger partial charge in [-0.25, -0.2) is 0 Å². The van der Waals surface area contributed by atoms with Crippen molar-refractivity contribution in [2.24, 2.45) is 56.7 Å². The molecule has 0 aromatic carbocycles. The van der Waals surface area contributed by atoms with Crippen LogP contribution < -0.4 is 0 Å². The summed E-state index contributed by atoms with van der Waals surface area (Å²) in [5.41, 5.74) is 2.51. The molecule has 4 heteroatoms. The van der Waals surface area contributed by atoms with Gasteiger partial charge in [0.1, 0.15) is 6.10 Å². The summed E-state index contributed by atoms with van der Waals surface area (Å²) in [6, 6.07) is 0. The molecule has 220 valence electrons. The summed E-state index contributed by atoms with van der Waals surface area (Å²) in [4.78, 5) is 12.0. The van der Waals surface area contributed by atoms with Gasteiger partial charge in [0.15, 0.2) is 6.29 Å². The molecule has 0 spiro atoms. The first-order valence-corrected chi connectivity index (χ1v) is 16.4. The molecule has 1 saturated heterocycles. The van der Waals surface area contributed by atoms with Gasteiger partial charge in [-0.2, -0.15) is 0 Å². The zero-order valence-corrected chi connectivity index (χ0v) is 26.1. The Balaban J connectivity index is 1.35. The number of fused-ring (bicyclic) bond motifs is 7. The highest BCUT2D eigenvalue weighted by molar-refractivity contribution is 5.66. The molecular formula is C35H56O4. The lowest BCUT2D eigenvalue weighted by molar-refractivity contribution is -0.293. The van der Waals surface area contributed by atoms with Crippen LogP contribution in [0.3, 0.4) is 0 Å². The Labute approximate surface area is 238 Å². The van der Waals surface area contributed by atoms with Gasteiger partial charge in [0.05, 0.1) is 13.2 Å². The molecule has 6 aliphatic rings. The Bertz CT molecular complexity index is 997. The molecule has 0 bridgehead atoms. The third kappa shape index (κ3) is 3.78. The van der Waals surface area contributed by atoms with Gasteiger partial charge < -0.3 is 14.2 Å². The standard InChI is InChI=1S/C35H56O4/c1-22(2)24-12-17-35(30-37-20-9-21-38-30)19-18-33(7)25(29(24)35)10-11-27-32(6)15-14-28(39-23(3)36)31(4,5)26(32)13-16-34(27,33)8/h24-30H,1,9-21H2,2-8H3/t24-,25+,26-,27+,28-,29+,32-,33+,34+,35-/m0/s1. The number of hydrogen-bond acceptors (Lipinski definition) is 4. The summed E-state index contributed by atoms with van der Waals surface area (Å²) in [5, 5.41) is 0. The number of carbonyl (C=O) groups excluding carboxylic acids is 1. The van der Waals surface area contributed by atoms with Crippen molar-refractivity contribution in [1.29, 1.82) is 0 Å². The molecule has 10 atom stereocenters. The van der Waals surface area contributed by atoms with E-state index in [-0.39, 0.29) is 29.2 Å². The van der Waals surface area contributed by atoms with Crippen LogP contribution >= 0.6 is 0 Å². The van der Waals surface area contributed by atoms with Crippen molar-refractivity contribution in [1.82, 2.24) is 0 Å². The molecule has 0 aromatic heterocycles. The molecule has 6 rings (SSSR count). The van der Waals surface area contributed by atoms with Crippen LogP contribution in [0, 0.1) is 56.7 Å². The molecular weight excluding hydrogens is 484 g/mol. The summed E-state index contributed by atoms with van der Waals surface area (Å²) in [6.45, 7) is 23.0. The molecule has 0 amide bonds. The van der Waals surface area contributed by atoms with E-state index in [0.29, 0.717) is 39.9 Å². The second-order valence-electron chi connectivity index (χ2n) is 16.3. The molecule has 6 fully saturated rings. The average molecular weight is 541 g/mol. The Hall–Kier alpha value is -0.870. The van der Waals surface area contributed by atoms with Crippen molar-refractivity contribution in [3.05, 3.63) is 12.2 Å². The molecule has 0 unspecified atom stereocenters. The van der Waals surface area contributed by atoms with Crippen molar-refractivity contribution < 1.29 is 19.0 Å².